The third-order valence-corrected chi connectivity index (χ3v) is 6.28. The topological polar surface area (TPSA) is 41.9 Å². The first-order valence-corrected chi connectivity index (χ1v) is 10.9. The Kier molecular flexibility index (Phi) is 5.05. The molecule has 0 amide bonds. The highest BCUT2D eigenvalue weighted by Crippen LogP contribution is 2.44. The number of nitrogens with zero attached hydrogens (tertiary/aromatic N) is 2. The summed E-state index contributed by atoms with van der Waals surface area (Å²) in [4.78, 5) is 13.3. The number of halogens is 3. The van der Waals surface area contributed by atoms with Crippen LogP contribution in [0.5, 0.6) is 5.75 Å². The molecule has 4 nitrogen and oxygen atoms in total. The Balaban J connectivity index is 1.57. The number of rotatable bonds is 3. The van der Waals surface area contributed by atoms with Gasteiger partial charge in [-0.05, 0) is 60.2 Å². The molecule has 0 aromatic heterocycles. The van der Waals surface area contributed by atoms with E-state index in [1.807, 2.05) is 42.5 Å². The SMILES string of the molecule is O=C(c1ccc(Cl)cc1)C1Oc2ccc(Br)cc2C2CC(c3ccc(Cl)cc3)=NN12. The second kappa shape index (κ2) is 7.73. The molecule has 0 bridgehead atoms. The van der Waals surface area contributed by atoms with Gasteiger partial charge < -0.3 is 4.74 Å². The van der Waals surface area contributed by atoms with Crippen molar-refractivity contribution in [3.8, 4) is 5.75 Å². The monoisotopic (exact) mass is 500 g/mol. The number of benzene rings is 3. The Morgan fingerprint density at radius 3 is 2.37 bits per heavy atom. The molecule has 0 saturated heterocycles. The maximum atomic E-state index is 13.3. The van der Waals surface area contributed by atoms with Gasteiger partial charge in [0.2, 0.25) is 5.78 Å². The summed E-state index contributed by atoms with van der Waals surface area (Å²) in [6, 6.07) is 20.1. The molecule has 0 aliphatic carbocycles. The van der Waals surface area contributed by atoms with Crippen molar-refractivity contribution in [2.45, 2.75) is 18.7 Å². The Bertz CT molecular complexity index is 1160. The molecule has 0 radical (unpaired) electrons. The second-order valence-electron chi connectivity index (χ2n) is 7.18. The van der Waals surface area contributed by atoms with Gasteiger partial charge in [0.05, 0.1) is 11.8 Å². The fraction of sp³-hybridized carbons (Fsp3) is 0.130. The van der Waals surface area contributed by atoms with E-state index in [0.717, 1.165) is 21.3 Å². The fourth-order valence-electron chi connectivity index (χ4n) is 3.80. The molecule has 0 saturated carbocycles. The highest BCUT2D eigenvalue weighted by molar-refractivity contribution is 9.10. The number of carbonyl (C=O) groups excluding carboxylic acids is 1. The van der Waals surface area contributed by atoms with Crippen molar-refractivity contribution in [2.24, 2.45) is 5.10 Å². The molecular weight excluding hydrogens is 487 g/mol. The minimum atomic E-state index is -0.852. The van der Waals surface area contributed by atoms with Crippen molar-refractivity contribution in [2.75, 3.05) is 0 Å². The number of hydrazone groups is 1. The smallest absolute Gasteiger partial charge is 0.251 e. The Morgan fingerprint density at radius 1 is 1.00 bits per heavy atom. The minimum Gasteiger partial charge on any atom is -0.461 e. The molecule has 7 heteroatoms. The lowest BCUT2D eigenvalue weighted by Crippen LogP contribution is -2.45. The van der Waals surface area contributed by atoms with E-state index in [2.05, 4.69) is 15.9 Å². The average Bonchev–Trinajstić information content (AvgIpc) is 3.19. The first-order valence-electron chi connectivity index (χ1n) is 9.37. The van der Waals surface area contributed by atoms with Gasteiger partial charge in [0.25, 0.3) is 6.23 Å². The number of carbonyl (C=O) groups is 1. The molecule has 3 aromatic carbocycles. The number of ether oxygens (including phenoxy) is 1. The van der Waals surface area contributed by atoms with E-state index in [9.17, 15) is 4.79 Å². The summed E-state index contributed by atoms with van der Waals surface area (Å²) in [5, 5.41) is 7.82. The summed E-state index contributed by atoms with van der Waals surface area (Å²) >= 11 is 15.6. The molecule has 0 spiro atoms. The van der Waals surface area contributed by atoms with Crippen LogP contribution >= 0.6 is 39.1 Å². The van der Waals surface area contributed by atoms with Crippen LogP contribution in [-0.4, -0.2) is 22.7 Å². The molecule has 2 unspecified atom stereocenters. The number of hydrogen-bond donors (Lipinski definition) is 0. The number of Topliss-reactive ketones (excluding diaryl/α,β-unsaturated/α-hetero) is 1. The van der Waals surface area contributed by atoms with E-state index in [1.165, 1.54) is 0 Å². The fourth-order valence-corrected chi connectivity index (χ4v) is 4.44. The van der Waals surface area contributed by atoms with Gasteiger partial charge in [-0.1, -0.05) is 51.3 Å². The molecule has 2 aliphatic heterocycles. The van der Waals surface area contributed by atoms with Crippen LogP contribution in [0.3, 0.4) is 0 Å². The van der Waals surface area contributed by atoms with Crippen LogP contribution in [0.15, 0.2) is 76.3 Å². The van der Waals surface area contributed by atoms with Gasteiger partial charge in [-0.25, -0.2) is 5.01 Å². The van der Waals surface area contributed by atoms with E-state index in [0.29, 0.717) is 27.8 Å². The summed E-state index contributed by atoms with van der Waals surface area (Å²) in [6.45, 7) is 0. The van der Waals surface area contributed by atoms with Gasteiger partial charge in [0.15, 0.2) is 0 Å². The molecule has 30 heavy (non-hydrogen) atoms. The molecule has 2 heterocycles. The predicted octanol–water partition coefficient (Wildman–Crippen LogP) is 6.51. The van der Waals surface area contributed by atoms with Crippen molar-refractivity contribution < 1.29 is 9.53 Å². The summed E-state index contributed by atoms with van der Waals surface area (Å²) in [7, 11) is 0. The average molecular weight is 502 g/mol. The van der Waals surface area contributed by atoms with Crippen LogP contribution in [-0.2, 0) is 0 Å². The van der Waals surface area contributed by atoms with Crippen molar-refractivity contribution >= 4 is 50.6 Å². The Hall–Kier alpha value is -2.34. The lowest BCUT2D eigenvalue weighted by Gasteiger charge is -2.37. The van der Waals surface area contributed by atoms with E-state index >= 15 is 0 Å². The second-order valence-corrected chi connectivity index (χ2v) is 8.97. The third-order valence-electron chi connectivity index (χ3n) is 5.28. The van der Waals surface area contributed by atoms with Crippen molar-refractivity contribution in [1.82, 2.24) is 5.01 Å². The largest absolute Gasteiger partial charge is 0.461 e. The highest BCUT2D eigenvalue weighted by Gasteiger charge is 2.43. The molecule has 3 aromatic rings. The molecular formula is C23H15BrCl2N2O2. The zero-order valence-electron chi connectivity index (χ0n) is 15.6. The van der Waals surface area contributed by atoms with Crippen LogP contribution in [0, 0.1) is 0 Å². The van der Waals surface area contributed by atoms with Crippen LogP contribution < -0.4 is 4.74 Å². The highest BCUT2D eigenvalue weighted by atomic mass is 79.9. The summed E-state index contributed by atoms with van der Waals surface area (Å²) in [5.41, 5.74) is 3.39. The van der Waals surface area contributed by atoms with Crippen LogP contribution in [0.1, 0.15) is 33.9 Å². The van der Waals surface area contributed by atoms with Gasteiger partial charge in [-0.3, -0.25) is 4.79 Å². The van der Waals surface area contributed by atoms with E-state index in [-0.39, 0.29) is 11.8 Å². The maximum Gasteiger partial charge on any atom is 0.251 e. The molecule has 0 N–H and O–H groups in total. The molecule has 2 atom stereocenters. The number of ketones is 1. The summed E-state index contributed by atoms with van der Waals surface area (Å²) in [6.07, 6.45) is -0.187. The van der Waals surface area contributed by atoms with Crippen LogP contribution in [0.25, 0.3) is 0 Å². The van der Waals surface area contributed by atoms with Gasteiger partial charge in [-0.2, -0.15) is 5.10 Å². The molecule has 150 valence electrons. The zero-order valence-corrected chi connectivity index (χ0v) is 18.7. The van der Waals surface area contributed by atoms with Crippen LogP contribution in [0.4, 0.5) is 0 Å². The van der Waals surface area contributed by atoms with Gasteiger partial charge in [0.1, 0.15) is 5.75 Å². The molecule has 2 aliphatic rings. The quantitative estimate of drug-likeness (QED) is 0.384. The van der Waals surface area contributed by atoms with E-state index < -0.39 is 6.23 Å². The normalized spacial score (nSPS) is 19.6. The third kappa shape index (κ3) is 3.51. The van der Waals surface area contributed by atoms with Crippen molar-refractivity contribution in [3.05, 3.63) is 97.9 Å². The summed E-state index contributed by atoms with van der Waals surface area (Å²) in [5.74, 6) is 0.533. The predicted molar refractivity (Wildman–Crippen MR) is 122 cm³/mol. The molecule has 5 rings (SSSR count). The zero-order chi connectivity index (χ0) is 20.8. The Morgan fingerprint density at radius 2 is 1.67 bits per heavy atom. The van der Waals surface area contributed by atoms with Crippen LogP contribution in [0.2, 0.25) is 10.0 Å². The molecule has 0 fully saturated rings. The van der Waals surface area contributed by atoms with Crippen molar-refractivity contribution in [1.29, 1.82) is 0 Å². The standard InChI is InChI=1S/C23H15BrCl2N2O2/c24-15-5-10-21-18(11-15)20-12-19(13-1-6-16(25)7-2-13)27-28(20)23(30-21)22(29)14-3-8-17(26)9-4-14/h1-11,20,23H,12H2. The lowest BCUT2D eigenvalue weighted by molar-refractivity contribution is -0.00459. The van der Waals surface area contributed by atoms with Gasteiger partial charge in [0, 0.05) is 32.1 Å². The first-order chi connectivity index (χ1) is 14.5. The Labute approximate surface area is 192 Å². The van der Waals surface area contributed by atoms with E-state index in [4.69, 9.17) is 33.0 Å². The minimum absolute atomic E-state index is 0.0989. The van der Waals surface area contributed by atoms with E-state index in [1.54, 1.807) is 29.3 Å². The number of hydrogen-bond acceptors (Lipinski definition) is 4. The number of fused-ring (bicyclic) bond motifs is 3. The lowest BCUT2D eigenvalue weighted by atomic mass is 9.96. The van der Waals surface area contributed by atoms with Gasteiger partial charge in [-0.15, -0.1) is 0 Å². The summed E-state index contributed by atoms with van der Waals surface area (Å²) < 4.78 is 7.10. The maximum absolute atomic E-state index is 13.3. The first kappa shape index (κ1) is 19.6. The van der Waals surface area contributed by atoms with Gasteiger partial charge >= 0.3 is 0 Å². The van der Waals surface area contributed by atoms with Crippen molar-refractivity contribution in [3.63, 3.8) is 0 Å².